The maximum atomic E-state index is 11.8. The van der Waals surface area contributed by atoms with Crippen molar-refractivity contribution in [1.29, 1.82) is 0 Å². The molecule has 1 aromatic carbocycles. The van der Waals surface area contributed by atoms with Crippen LogP contribution in [0.25, 0.3) is 0 Å². The average Bonchev–Trinajstić information content (AvgIpc) is 2.26. The van der Waals surface area contributed by atoms with Gasteiger partial charge in [0.25, 0.3) is 0 Å². The van der Waals surface area contributed by atoms with Gasteiger partial charge >= 0.3 is 6.03 Å². The summed E-state index contributed by atoms with van der Waals surface area (Å²) in [7, 11) is 0. The van der Waals surface area contributed by atoms with Gasteiger partial charge in [0.2, 0.25) is 0 Å². The summed E-state index contributed by atoms with van der Waals surface area (Å²) < 4.78 is 0. The summed E-state index contributed by atoms with van der Waals surface area (Å²) >= 11 is 11.7. The Morgan fingerprint density at radius 1 is 1.26 bits per heavy atom. The van der Waals surface area contributed by atoms with E-state index in [2.05, 4.69) is 10.6 Å². The van der Waals surface area contributed by atoms with E-state index in [4.69, 9.17) is 28.3 Å². The molecule has 1 rings (SSSR count). The van der Waals surface area contributed by atoms with Crippen LogP contribution < -0.4 is 10.6 Å². The van der Waals surface area contributed by atoms with Gasteiger partial charge in [-0.15, -0.1) is 0 Å². The Labute approximate surface area is 123 Å². The molecule has 0 heterocycles. The molecular formula is C13H18Cl2N2O2. The van der Waals surface area contributed by atoms with Crippen molar-refractivity contribution in [3.63, 3.8) is 0 Å². The molecule has 0 saturated carbocycles. The normalized spacial score (nSPS) is 12.3. The average molecular weight is 305 g/mol. The van der Waals surface area contributed by atoms with E-state index in [1.807, 2.05) is 13.8 Å². The monoisotopic (exact) mass is 304 g/mol. The van der Waals surface area contributed by atoms with E-state index in [-0.39, 0.29) is 24.6 Å². The summed E-state index contributed by atoms with van der Waals surface area (Å²) in [6.45, 7) is 4.00. The first-order chi connectivity index (χ1) is 8.92. The van der Waals surface area contributed by atoms with Gasteiger partial charge in [-0.2, -0.15) is 0 Å². The van der Waals surface area contributed by atoms with Crippen LogP contribution in [0.1, 0.15) is 20.3 Å². The van der Waals surface area contributed by atoms with Crippen molar-refractivity contribution < 1.29 is 9.90 Å². The lowest BCUT2D eigenvalue weighted by Crippen LogP contribution is -2.41. The highest BCUT2D eigenvalue weighted by Crippen LogP contribution is 2.22. The molecule has 0 fully saturated rings. The van der Waals surface area contributed by atoms with Crippen molar-refractivity contribution in [3.05, 3.63) is 28.2 Å². The smallest absolute Gasteiger partial charge is 0.319 e. The molecule has 0 aliphatic rings. The number of nitrogens with one attached hydrogen (secondary N) is 2. The summed E-state index contributed by atoms with van der Waals surface area (Å²) in [5, 5.41) is 15.3. The molecule has 6 heteroatoms. The molecule has 0 aliphatic heterocycles. The third-order valence-corrected chi connectivity index (χ3v) is 3.12. The molecule has 0 bridgehead atoms. The van der Waals surface area contributed by atoms with Crippen molar-refractivity contribution in [3.8, 4) is 0 Å². The largest absolute Gasteiger partial charge is 0.396 e. The molecule has 19 heavy (non-hydrogen) atoms. The zero-order chi connectivity index (χ0) is 14.4. The molecule has 0 spiro atoms. The van der Waals surface area contributed by atoms with Crippen LogP contribution in [0.3, 0.4) is 0 Å². The van der Waals surface area contributed by atoms with Gasteiger partial charge in [-0.1, -0.05) is 37.0 Å². The summed E-state index contributed by atoms with van der Waals surface area (Å²) in [5.41, 5.74) is 0.529. The number of carbonyl (C=O) groups excluding carboxylic acids is 1. The van der Waals surface area contributed by atoms with Crippen LogP contribution in [0.2, 0.25) is 10.0 Å². The first-order valence-corrected chi connectivity index (χ1v) is 6.82. The number of amides is 2. The predicted octanol–water partition coefficient (Wildman–Crippen LogP) is 3.52. The van der Waals surface area contributed by atoms with Crippen LogP contribution in [0, 0.1) is 5.92 Å². The molecule has 1 atom stereocenters. The Bertz CT molecular complexity index is 418. The van der Waals surface area contributed by atoms with Crippen molar-refractivity contribution in [1.82, 2.24) is 5.32 Å². The second-order valence-corrected chi connectivity index (χ2v) is 5.49. The van der Waals surface area contributed by atoms with Gasteiger partial charge < -0.3 is 15.7 Å². The van der Waals surface area contributed by atoms with Gasteiger partial charge in [-0.3, -0.25) is 0 Å². The number of rotatable bonds is 5. The maximum absolute atomic E-state index is 11.8. The molecule has 106 valence electrons. The molecule has 0 aliphatic carbocycles. The Morgan fingerprint density at radius 3 is 2.32 bits per heavy atom. The van der Waals surface area contributed by atoms with Crippen LogP contribution in [0.4, 0.5) is 10.5 Å². The first-order valence-electron chi connectivity index (χ1n) is 6.07. The van der Waals surface area contributed by atoms with Crippen LogP contribution in [-0.2, 0) is 0 Å². The van der Waals surface area contributed by atoms with Gasteiger partial charge in [0.05, 0.1) is 0 Å². The second-order valence-electron chi connectivity index (χ2n) is 4.62. The number of carbonyl (C=O) groups is 1. The Balaban J connectivity index is 2.63. The number of aliphatic hydroxyl groups excluding tert-OH is 1. The Morgan fingerprint density at radius 2 is 1.84 bits per heavy atom. The fourth-order valence-corrected chi connectivity index (χ4v) is 2.20. The van der Waals surface area contributed by atoms with E-state index in [1.165, 1.54) is 0 Å². The topological polar surface area (TPSA) is 61.4 Å². The van der Waals surface area contributed by atoms with Gasteiger partial charge in [0.1, 0.15) is 0 Å². The molecule has 1 aromatic rings. The number of halogens is 2. The molecule has 0 saturated heterocycles. The number of anilines is 1. The standard InChI is InChI=1S/C13H18Cl2N2O2/c1-8(2)12(3-4-18)17-13(19)16-11-6-9(14)5-10(15)7-11/h5-8,12,18H,3-4H2,1-2H3,(H2,16,17,19). The lowest BCUT2D eigenvalue weighted by Gasteiger charge is -2.21. The van der Waals surface area contributed by atoms with Crippen molar-refractivity contribution in [2.24, 2.45) is 5.92 Å². The minimum Gasteiger partial charge on any atom is -0.396 e. The third kappa shape index (κ3) is 5.68. The highest BCUT2D eigenvalue weighted by Gasteiger charge is 2.15. The zero-order valence-electron chi connectivity index (χ0n) is 10.9. The van der Waals surface area contributed by atoms with Crippen LogP contribution in [-0.4, -0.2) is 23.8 Å². The fourth-order valence-electron chi connectivity index (χ4n) is 1.67. The molecule has 4 nitrogen and oxygen atoms in total. The summed E-state index contributed by atoms with van der Waals surface area (Å²) in [5.74, 6) is 0.237. The van der Waals surface area contributed by atoms with Crippen molar-refractivity contribution in [2.45, 2.75) is 26.3 Å². The number of aliphatic hydroxyl groups is 1. The predicted molar refractivity (Wildman–Crippen MR) is 78.9 cm³/mol. The van der Waals surface area contributed by atoms with Crippen LogP contribution >= 0.6 is 23.2 Å². The van der Waals surface area contributed by atoms with E-state index < -0.39 is 0 Å². The number of benzene rings is 1. The lowest BCUT2D eigenvalue weighted by molar-refractivity contribution is 0.227. The maximum Gasteiger partial charge on any atom is 0.319 e. The van der Waals surface area contributed by atoms with Crippen molar-refractivity contribution in [2.75, 3.05) is 11.9 Å². The molecule has 3 N–H and O–H groups in total. The SMILES string of the molecule is CC(C)C(CCO)NC(=O)Nc1cc(Cl)cc(Cl)c1. The fraction of sp³-hybridized carbons (Fsp3) is 0.462. The lowest BCUT2D eigenvalue weighted by atomic mass is 10.0. The minimum atomic E-state index is -0.342. The molecule has 2 amide bonds. The summed E-state index contributed by atoms with van der Waals surface area (Å²) in [4.78, 5) is 11.8. The van der Waals surface area contributed by atoms with E-state index >= 15 is 0 Å². The van der Waals surface area contributed by atoms with E-state index in [0.717, 1.165) is 0 Å². The Hall–Kier alpha value is -0.970. The minimum absolute atomic E-state index is 0.0338. The quantitative estimate of drug-likeness (QED) is 0.779. The van der Waals surface area contributed by atoms with Crippen molar-refractivity contribution >= 4 is 34.9 Å². The van der Waals surface area contributed by atoms with Crippen LogP contribution in [0.15, 0.2) is 18.2 Å². The number of urea groups is 1. The first kappa shape index (κ1) is 16.1. The van der Waals surface area contributed by atoms with E-state index in [0.29, 0.717) is 22.2 Å². The van der Waals surface area contributed by atoms with Crippen LogP contribution in [0.5, 0.6) is 0 Å². The van der Waals surface area contributed by atoms with E-state index in [9.17, 15) is 4.79 Å². The third-order valence-electron chi connectivity index (χ3n) is 2.68. The second kappa shape index (κ2) is 7.58. The van der Waals surface area contributed by atoms with Gasteiger partial charge in [0.15, 0.2) is 0 Å². The highest BCUT2D eigenvalue weighted by molar-refractivity contribution is 6.35. The highest BCUT2D eigenvalue weighted by atomic mass is 35.5. The molecule has 0 aromatic heterocycles. The number of hydrogen-bond donors (Lipinski definition) is 3. The zero-order valence-corrected chi connectivity index (χ0v) is 12.4. The van der Waals surface area contributed by atoms with Gasteiger partial charge in [0, 0.05) is 28.4 Å². The molecular weight excluding hydrogens is 287 g/mol. The van der Waals surface area contributed by atoms with E-state index in [1.54, 1.807) is 18.2 Å². The Kier molecular flexibility index (Phi) is 6.42. The van der Waals surface area contributed by atoms with Gasteiger partial charge in [-0.05, 0) is 30.5 Å². The molecule has 1 unspecified atom stereocenters. The molecule has 0 radical (unpaired) electrons. The number of hydrogen-bond acceptors (Lipinski definition) is 2. The van der Waals surface area contributed by atoms with Gasteiger partial charge in [-0.25, -0.2) is 4.79 Å². The summed E-state index contributed by atoms with van der Waals surface area (Å²) in [6, 6.07) is 4.40. The summed E-state index contributed by atoms with van der Waals surface area (Å²) in [6.07, 6.45) is 0.515.